The second-order valence-corrected chi connectivity index (χ2v) is 11.7. The molecule has 2 aliphatic rings. The standard InChI is InChI=1S/C29H31N3O6S/c1-20(27(33)31-15-6-3-7-16-31)32-17-14-26(28(32)34)30-39(36,37)25-13-11-21-10-12-24(18-23(21)19-25)38-29(35)22-8-4-2-5-9-22/h2,4-5,8-13,18-20,26,30H,3,6-7,14-17H2,1H3/t20-,26-/m0/s1. The molecule has 2 aliphatic heterocycles. The zero-order valence-corrected chi connectivity index (χ0v) is 22.5. The minimum atomic E-state index is -4.04. The van der Waals surface area contributed by atoms with E-state index in [0.717, 1.165) is 24.6 Å². The zero-order chi connectivity index (χ0) is 27.6. The van der Waals surface area contributed by atoms with Crippen molar-refractivity contribution in [3.8, 4) is 5.75 Å². The fourth-order valence-electron chi connectivity index (χ4n) is 5.14. The number of piperidine rings is 1. The number of hydrogen-bond acceptors (Lipinski definition) is 6. The van der Waals surface area contributed by atoms with E-state index in [1.807, 2.05) is 0 Å². The van der Waals surface area contributed by atoms with Crippen LogP contribution in [0.3, 0.4) is 0 Å². The van der Waals surface area contributed by atoms with Gasteiger partial charge in [0.25, 0.3) is 0 Å². The van der Waals surface area contributed by atoms with Gasteiger partial charge in [-0.05, 0) is 79.8 Å². The van der Waals surface area contributed by atoms with Crippen molar-refractivity contribution in [3.05, 3.63) is 72.3 Å². The van der Waals surface area contributed by atoms with Crippen LogP contribution >= 0.6 is 0 Å². The second-order valence-electron chi connectivity index (χ2n) is 9.98. The largest absolute Gasteiger partial charge is 0.423 e. The van der Waals surface area contributed by atoms with Crippen LogP contribution in [0, 0.1) is 0 Å². The van der Waals surface area contributed by atoms with Gasteiger partial charge < -0.3 is 14.5 Å². The van der Waals surface area contributed by atoms with Crippen LogP contribution in [0.5, 0.6) is 5.75 Å². The van der Waals surface area contributed by atoms with E-state index in [9.17, 15) is 22.8 Å². The lowest BCUT2D eigenvalue weighted by atomic mass is 10.1. The van der Waals surface area contributed by atoms with Crippen LogP contribution in [0.4, 0.5) is 0 Å². The normalized spacial score (nSPS) is 18.8. The lowest BCUT2D eigenvalue weighted by molar-refractivity contribution is -0.143. The van der Waals surface area contributed by atoms with Crippen molar-refractivity contribution in [1.29, 1.82) is 0 Å². The Morgan fingerprint density at radius 1 is 0.923 bits per heavy atom. The number of nitrogens with one attached hydrogen (secondary N) is 1. The molecular weight excluding hydrogens is 518 g/mol. The van der Waals surface area contributed by atoms with Gasteiger partial charge >= 0.3 is 5.97 Å². The quantitative estimate of drug-likeness (QED) is 0.357. The Morgan fingerprint density at radius 3 is 2.38 bits per heavy atom. The first-order valence-electron chi connectivity index (χ1n) is 13.2. The number of sulfonamides is 1. The summed E-state index contributed by atoms with van der Waals surface area (Å²) in [5.74, 6) is -0.720. The summed E-state index contributed by atoms with van der Waals surface area (Å²) in [7, 11) is -4.04. The Labute approximate surface area is 227 Å². The predicted octanol–water partition coefficient (Wildman–Crippen LogP) is 3.34. The van der Waals surface area contributed by atoms with Gasteiger partial charge in [-0.2, -0.15) is 4.72 Å². The third-order valence-corrected chi connectivity index (χ3v) is 8.81. The summed E-state index contributed by atoms with van der Waals surface area (Å²) < 4.78 is 34.5. The van der Waals surface area contributed by atoms with E-state index >= 15 is 0 Å². The maximum Gasteiger partial charge on any atom is 0.343 e. The van der Waals surface area contributed by atoms with Crippen molar-refractivity contribution in [1.82, 2.24) is 14.5 Å². The van der Waals surface area contributed by atoms with Crippen molar-refractivity contribution < 1.29 is 27.5 Å². The number of benzene rings is 3. The number of ether oxygens (including phenoxy) is 1. The highest BCUT2D eigenvalue weighted by atomic mass is 32.2. The fourth-order valence-corrected chi connectivity index (χ4v) is 6.40. The number of esters is 1. The molecular formula is C29H31N3O6S. The smallest absolute Gasteiger partial charge is 0.343 e. The number of rotatable bonds is 7. The second kappa shape index (κ2) is 11.2. The van der Waals surface area contributed by atoms with Crippen LogP contribution in [0.1, 0.15) is 43.0 Å². The molecule has 3 aromatic rings. The van der Waals surface area contributed by atoms with Crippen molar-refractivity contribution >= 4 is 38.6 Å². The van der Waals surface area contributed by atoms with E-state index in [1.54, 1.807) is 66.4 Å². The molecule has 2 atom stereocenters. The summed E-state index contributed by atoms with van der Waals surface area (Å²) in [6, 6.07) is 16.6. The third-order valence-electron chi connectivity index (χ3n) is 7.34. The fraction of sp³-hybridized carbons (Fsp3) is 0.345. The first-order chi connectivity index (χ1) is 18.7. The predicted molar refractivity (Wildman–Crippen MR) is 146 cm³/mol. The molecule has 2 amide bonds. The summed E-state index contributed by atoms with van der Waals surface area (Å²) in [5.41, 5.74) is 0.403. The molecule has 204 valence electrons. The molecule has 10 heteroatoms. The van der Waals surface area contributed by atoms with Crippen molar-refractivity contribution in [3.63, 3.8) is 0 Å². The van der Waals surface area contributed by atoms with Gasteiger partial charge in [0.05, 0.1) is 10.5 Å². The molecule has 2 fully saturated rings. The number of amides is 2. The van der Waals surface area contributed by atoms with Gasteiger partial charge in [0.1, 0.15) is 17.8 Å². The lowest BCUT2D eigenvalue weighted by Crippen LogP contribution is -2.51. The van der Waals surface area contributed by atoms with E-state index < -0.39 is 34.0 Å². The Kier molecular flexibility index (Phi) is 7.67. The van der Waals surface area contributed by atoms with E-state index in [2.05, 4.69) is 4.72 Å². The molecule has 3 aromatic carbocycles. The minimum absolute atomic E-state index is 0.00905. The highest BCUT2D eigenvalue weighted by Gasteiger charge is 2.40. The van der Waals surface area contributed by atoms with Gasteiger partial charge in [0, 0.05) is 19.6 Å². The third kappa shape index (κ3) is 5.81. The Hall–Kier alpha value is -3.76. The van der Waals surface area contributed by atoms with Gasteiger partial charge in [-0.15, -0.1) is 0 Å². The number of fused-ring (bicyclic) bond motifs is 1. The van der Waals surface area contributed by atoms with Crippen LogP contribution in [0.2, 0.25) is 0 Å². The highest BCUT2D eigenvalue weighted by molar-refractivity contribution is 7.89. The molecule has 2 saturated heterocycles. The SMILES string of the molecule is C[C@@H](C(=O)N1CCCCC1)N1CC[C@H](NS(=O)(=O)c2ccc3ccc(OC(=O)c4ccccc4)cc3c2)C1=O. The van der Waals surface area contributed by atoms with Crippen LogP contribution in [0.25, 0.3) is 10.8 Å². The molecule has 0 spiro atoms. The molecule has 0 unspecified atom stereocenters. The molecule has 1 N–H and O–H groups in total. The van der Waals surface area contributed by atoms with E-state index in [1.165, 1.54) is 17.0 Å². The maximum absolute atomic E-state index is 13.2. The topological polar surface area (TPSA) is 113 Å². The molecule has 0 saturated carbocycles. The number of carbonyl (C=O) groups excluding carboxylic acids is 3. The average molecular weight is 550 g/mol. The maximum atomic E-state index is 13.2. The summed E-state index contributed by atoms with van der Waals surface area (Å²) in [4.78, 5) is 41.7. The summed E-state index contributed by atoms with van der Waals surface area (Å²) in [5, 5.41) is 1.33. The van der Waals surface area contributed by atoms with E-state index in [-0.39, 0.29) is 23.0 Å². The molecule has 0 bridgehead atoms. The number of nitrogens with zero attached hydrogens (tertiary/aromatic N) is 2. The zero-order valence-electron chi connectivity index (χ0n) is 21.7. The van der Waals surface area contributed by atoms with Crippen molar-refractivity contribution in [2.45, 2.75) is 49.6 Å². The van der Waals surface area contributed by atoms with Gasteiger partial charge in [0.2, 0.25) is 21.8 Å². The Balaban J connectivity index is 1.28. The summed E-state index contributed by atoms with van der Waals surface area (Å²) in [6.45, 7) is 3.39. The highest BCUT2D eigenvalue weighted by Crippen LogP contribution is 2.26. The summed E-state index contributed by atoms with van der Waals surface area (Å²) >= 11 is 0. The van der Waals surface area contributed by atoms with Gasteiger partial charge in [0.15, 0.2) is 0 Å². The van der Waals surface area contributed by atoms with Gasteiger partial charge in [-0.1, -0.05) is 30.3 Å². The number of likely N-dealkylation sites (tertiary alicyclic amines) is 2. The molecule has 9 nitrogen and oxygen atoms in total. The Bertz CT molecular complexity index is 1500. The van der Waals surface area contributed by atoms with Crippen molar-refractivity contribution in [2.75, 3.05) is 19.6 Å². The first kappa shape index (κ1) is 26.8. The summed E-state index contributed by atoms with van der Waals surface area (Å²) in [6.07, 6.45) is 3.29. The first-order valence-corrected chi connectivity index (χ1v) is 14.6. The average Bonchev–Trinajstić information content (AvgIpc) is 3.31. The van der Waals surface area contributed by atoms with Crippen LogP contribution < -0.4 is 9.46 Å². The number of carbonyl (C=O) groups is 3. The van der Waals surface area contributed by atoms with Crippen molar-refractivity contribution in [2.24, 2.45) is 0 Å². The minimum Gasteiger partial charge on any atom is -0.423 e. The van der Waals surface area contributed by atoms with E-state index in [4.69, 9.17) is 4.74 Å². The van der Waals surface area contributed by atoms with Crippen LogP contribution in [-0.4, -0.2) is 67.7 Å². The van der Waals surface area contributed by atoms with Gasteiger partial charge in [-0.25, -0.2) is 13.2 Å². The molecule has 0 radical (unpaired) electrons. The van der Waals surface area contributed by atoms with Crippen LogP contribution in [0.15, 0.2) is 71.6 Å². The van der Waals surface area contributed by atoms with Gasteiger partial charge in [-0.3, -0.25) is 9.59 Å². The molecule has 0 aromatic heterocycles. The molecule has 2 heterocycles. The van der Waals surface area contributed by atoms with Crippen LogP contribution in [-0.2, 0) is 19.6 Å². The Morgan fingerprint density at radius 2 is 1.64 bits per heavy atom. The molecule has 5 rings (SSSR count). The molecule has 0 aliphatic carbocycles. The molecule has 39 heavy (non-hydrogen) atoms. The lowest BCUT2D eigenvalue weighted by Gasteiger charge is -2.32. The van der Waals surface area contributed by atoms with E-state index in [0.29, 0.717) is 30.6 Å². The number of hydrogen-bond donors (Lipinski definition) is 1. The monoisotopic (exact) mass is 549 g/mol.